The van der Waals surface area contributed by atoms with Gasteiger partial charge in [-0.05, 0) is 43.7 Å². The first-order valence-electron chi connectivity index (χ1n) is 9.84. The topological polar surface area (TPSA) is 57.9 Å². The molecule has 0 aliphatic carbocycles. The molecule has 0 unspecified atom stereocenters. The van der Waals surface area contributed by atoms with Gasteiger partial charge in [-0.3, -0.25) is 0 Å². The normalized spacial score (nSPS) is 12.3. The summed E-state index contributed by atoms with van der Waals surface area (Å²) >= 11 is 0. The Bertz CT molecular complexity index is 939. The van der Waals surface area contributed by atoms with Crippen LogP contribution in [0, 0.1) is 0 Å². The molecule has 29 heavy (non-hydrogen) atoms. The van der Waals surface area contributed by atoms with Crippen LogP contribution in [0.25, 0.3) is 17.0 Å². The number of para-hydroxylation sites is 1. The van der Waals surface area contributed by atoms with E-state index in [0.29, 0.717) is 26.2 Å². The molecule has 0 radical (unpaired) electrons. The van der Waals surface area contributed by atoms with Gasteiger partial charge in [0.2, 0.25) is 0 Å². The zero-order valence-corrected chi connectivity index (χ0v) is 16.8. The van der Waals surface area contributed by atoms with Gasteiger partial charge in [0.25, 0.3) is 0 Å². The van der Waals surface area contributed by atoms with Gasteiger partial charge in [-0.15, -0.1) is 0 Å². The van der Waals surface area contributed by atoms with Gasteiger partial charge in [-0.1, -0.05) is 36.4 Å². The largest absolute Gasteiger partial charge is 0.490 e. The van der Waals surface area contributed by atoms with Crippen molar-refractivity contribution in [2.45, 2.75) is 26.4 Å². The quantitative estimate of drug-likeness (QED) is 0.451. The SMILES string of the molecule is CCOC(=O)[C@H](Cc1ccc(OC/C=C/c2cccc3ccoc23)cc1)OCC. The highest BCUT2D eigenvalue weighted by Crippen LogP contribution is 2.21. The first-order chi connectivity index (χ1) is 14.2. The molecule has 5 nitrogen and oxygen atoms in total. The maximum atomic E-state index is 12.0. The Morgan fingerprint density at radius 3 is 2.66 bits per heavy atom. The number of esters is 1. The molecule has 3 rings (SSSR count). The van der Waals surface area contributed by atoms with Crippen molar-refractivity contribution in [2.24, 2.45) is 0 Å². The van der Waals surface area contributed by atoms with Crippen LogP contribution in [0.2, 0.25) is 0 Å². The fourth-order valence-corrected chi connectivity index (χ4v) is 3.05. The van der Waals surface area contributed by atoms with Gasteiger partial charge in [0.15, 0.2) is 6.10 Å². The highest BCUT2D eigenvalue weighted by molar-refractivity contribution is 5.85. The average Bonchev–Trinajstić information content (AvgIpc) is 3.22. The lowest BCUT2D eigenvalue weighted by molar-refractivity contribution is -0.156. The van der Waals surface area contributed by atoms with Crippen LogP contribution >= 0.6 is 0 Å². The average molecular weight is 394 g/mol. The molecule has 0 aliphatic rings. The van der Waals surface area contributed by atoms with Crippen molar-refractivity contribution in [1.82, 2.24) is 0 Å². The van der Waals surface area contributed by atoms with E-state index in [1.54, 1.807) is 13.2 Å². The Morgan fingerprint density at radius 1 is 1.07 bits per heavy atom. The summed E-state index contributed by atoms with van der Waals surface area (Å²) in [7, 11) is 0. The van der Waals surface area contributed by atoms with Crippen molar-refractivity contribution in [1.29, 1.82) is 0 Å². The lowest BCUT2D eigenvalue weighted by Gasteiger charge is -2.15. The number of furan rings is 1. The van der Waals surface area contributed by atoms with Crippen LogP contribution in [0.15, 0.2) is 65.3 Å². The molecule has 0 bridgehead atoms. The number of hydrogen-bond donors (Lipinski definition) is 0. The van der Waals surface area contributed by atoms with E-state index in [0.717, 1.165) is 27.8 Å². The number of benzene rings is 2. The van der Waals surface area contributed by atoms with E-state index in [-0.39, 0.29) is 5.97 Å². The molecule has 0 amide bonds. The molecule has 152 valence electrons. The molecular formula is C24H26O5. The maximum absolute atomic E-state index is 12.0. The number of ether oxygens (including phenoxy) is 3. The van der Waals surface area contributed by atoms with Crippen molar-refractivity contribution in [3.63, 3.8) is 0 Å². The van der Waals surface area contributed by atoms with Crippen LogP contribution in [0.1, 0.15) is 25.0 Å². The number of carbonyl (C=O) groups excluding carboxylic acids is 1. The fourth-order valence-electron chi connectivity index (χ4n) is 3.05. The molecule has 2 aromatic carbocycles. The summed E-state index contributed by atoms with van der Waals surface area (Å²) in [6.45, 7) is 4.90. The van der Waals surface area contributed by atoms with Crippen molar-refractivity contribution in [2.75, 3.05) is 19.8 Å². The molecule has 1 atom stereocenters. The molecular weight excluding hydrogens is 368 g/mol. The highest BCUT2D eigenvalue weighted by Gasteiger charge is 2.20. The molecule has 0 fully saturated rings. The highest BCUT2D eigenvalue weighted by atomic mass is 16.6. The van der Waals surface area contributed by atoms with Crippen molar-refractivity contribution in [3.8, 4) is 5.75 Å². The maximum Gasteiger partial charge on any atom is 0.335 e. The predicted octanol–water partition coefficient (Wildman–Crippen LogP) is 5.04. The number of hydrogen-bond acceptors (Lipinski definition) is 5. The Kier molecular flexibility index (Phi) is 7.47. The van der Waals surface area contributed by atoms with Crippen LogP contribution in [0.3, 0.4) is 0 Å². The Balaban J connectivity index is 1.53. The van der Waals surface area contributed by atoms with E-state index in [1.807, 2.05) is 67.6 Å². The van der Waals surface area contributed by atoms with Gasteiger partial charge in [0.05, 0.1) is 12.9 Å². The Morgan fingerprint density at radius 2 is 1.90 bits per heavy atom. The van der Waals surface area contributed by atoms with Crippen LogP contribution in [-0.4, -0.2) is 31.9 Å². The van der Waals surface area contributed by atoms with Crippen LogP contribution in [0.5, 0.6) is 5.75 Å². The predicted molar refractivity (Wildman–Crippen MR) is 113 cm³/mol. The Labute approximate surface area is 170 Å². The summed E-state index contributed by atoms with van der Waals surface area (Å²) in [4.78, 5) is 12.0. The molecule has 0 saturated heterocycles. The summed E-state index contributed by atoms with van der Waals surface area (Å²) in [5.74, 6) is 0.435. The van der Waals surface area contributed by atoms with E-state index in [2.05, 4.69) is 0 Å². The van der Waals surface area contributed by atoms with Crippen LogP contribution in [0.4, 0.5) is 0 Å². The van der Waals surface area contributed by atoms with Gasteiger partial charge in [-0.25, -0.2) is 4.79 Å². The van der Waals surface area contributed by atoms with Gasteiger partial charge < -0.3 is 18.6 Å². The first-order valence-corrected chi connectivity index (χ1v) is 9.84. The van der Waals surface area contributed by atoms with Crippen molar-refractivity contribution >= 4 is 23.0 Å². The second-order valence-electron chi connectivity index (χ2n) is 6.44. The smallest absolute Gasteiger partial charge is 0.335 e. The van der Waals surface area contributed by atoms with Crippen molar-refractivity contribution in [3.05, 3.63) is 72.0 Å². The summed E-state index contributed by atoms with van der Waals surface area (Å²) in [5.41, 5.74) is 2.88. The second-order valence-corrected chi connectivity index (χ2v) is 6.44. The molecule has 1 aromatic heterocycles. The fraction of sp³-hybridized carbons (Fsp3) is 0.292. The van der Waals surface area contributed by atoms with E-state index in [9.17, 15) is 4.79 Å². The standard InChI is InChI=1S/C24H26O5/c1-3-26-22(24(25)27-4-2)17-18-10-12-21(13-11-18)28-15-6-9-19-7-5-8-20-14-16-29-23(19)20/h5-14,16,22H,3-4,15,17H2,1-2H3/b9-6+/t22-/m0/s1. The summed E-state index contributed by atoms with van der Waals surface area (Å²) < 4.78 is 21.9. The first kappa shape index (κ1) is 20.7. The number of rotatable bonds is 10. The van der Waals surface area contributed by atoms with Gasteiger partial charge in [0.1, 0.15) is 17.9 Å². The van der Waals surface area contributed by atoms with E-state index >= 15 is 0 Å². The zero-order valence-electron chi connectivity index (χ0n) is 16.8. The van der Waals surface area contributed by atoms with Gasteiger partial charge >= 0.3 is 5.97 Å². The van der Waals surface area contributed by atoms with Gasteiger partial charge in [-0.2, -0.15) is 0 Å². The van der Waals surface area contributed by atoms with E-state index in [4.69, 9.17) is 18.6 Å². The lowest BCUT2D eigenvalue weighted by Crippen LogP contribution is -2.28. The van der Waals surface area contributed by atoms with E-state index < -0.39 is 6.10 Å². The number of carbonyl (C=O) groups is 1. The molecule has 3 aromatic rings. The number of fused-ring (bicyclic) bond motifs is 1. The molecule has 0 aliphatic heterocycles. The Hall–Kier alpha value is -3.05. The molecule has 0 N–H and O–H groups in total. The molecule has 5 heteroatoms. The van der Waals surface area contributed by atoms with Gasteiger partial charge in [0, 0.05) is 24.0 Å². The third-order valence-electron chi connectivity index (χ3n) is 4.41. The minimum atomic E-state index is -0.584. The summed E-state index contributed by atoms with van der Waals surface area (Å²) in [6.07, 6.45) is 5.53. The van der Waals surface area contributed by atoms with Crippen molar-refractivity contribution < 1.29 is 23.4 Å². The minimum Gasteiger partial charge on any atom is -0.490 e. The van der Waals surface area contributed by atoms with E-state index in [1.165, 1.54) is 0 Å². The second kappa shape index (κ2) is 10.5. The summed E-state index contributed by atoms with van der Waals surface area (Å²) in [5, 5.41) is 1.08. The van der Waals surface area contributed by atoms with Crippen LogP contribution < -0.4 is 4.74 Å². The lowest BCUT2D eigenvalue weighted by atomic mass is 10.1. The monoisotopic (exact) mass is 394 g/mol. The third kappa shape index (κ3) is 5.72. The zero-order chi connectivity index (χ0) is 20.5. The molecule has 1 heterocycles. The molecule has 0 saturated carbocycles. The van der Waals surface area contributed by atoms with Crippen LogP contribution in [-0.2, 0) is 20.7 Å². The summed E-state index contributed by atoms with van der Waals surface area (Å²) in [6, 6.07) is 15.6. The minimum absolute atomic E-state index is 0.327. The molecule has 0 spiro atoms. The third-order valence-corrected chi connectivity index (χ3v) is 4.41.